The Bertz CT molecular complexity index is 564. The molecule has 0 aliphatic carbocycles. The Morgan fingerprint density at radius 3 is 1.71 bits per heavy atom. The van der Waals surface area contributed by atoms with Crippen LogP contribution in [0.3, 0.4) is 0 Å². The average Bonchev–Trinajstić information content (AvgIpc) is 2.54. The van der Waals surface area contributed by atoms with E-state index in [-0.39, 0.29) is 11.8 Å². The second-order valence-electron chi connectivity index (χ2n) is 7.76. The molecule has 162 valence electrons. The number of hydrogen-bond donors (Lipinski definition) is 6. The fraction of sp³-hybridized carbons (Fsp3) is 0.778. The summed E-state index contributed by atoms with van der Waals surface area (Å²) in [5, 5.41) is 26.1. The van der Waals surface area contributed by atoms with Crippen molar-refractivity contribution in [1.82, 2.24) is 16.0 Å². The zero-order valence-electron chi connectivity index (χ0n) is 17.4. The van der Waals surface area contributed by atoms with Crippen molar-refractivity contribution in [3.8, 4) is 0 Å². The van der Waals surface area contributed by atoms with Crippen molar-refractivity contribution in [2.75, 3.05) is 0 Å². The van der Waals surface area contributed by atoms with Crippen LogP contribution < -0.4 is 21.7 Å². The van der Waals surface area contributed by atoms with Crippen LogP contribution in [0.15, 0.2) is 0 Å². The Labute approximate surface area is 165 Å². The molecule has 0 radical (unpaired) electrons. The van der Waals surface area contributed by atoms with Gasteiger partial charge in [-0.05, 0) is 32.1 Å². The van der Waals surface area contributed by atoms with E-state index in [0.29, 0.717) is 6.42 Å². The average molecular weight is 402 g/mol. The van der Waals surface area contributed by atoms with Gasteiger partial charge in [-0.2, -0.15) is 0 Å². The summed E-state index contributed by atoms with van der Waals surface area (Å²) in [5.41, 5.74) is 5.78. The summed E-state index contributed by atoms with van der Waals surface area (Å²) in [5.74, 6) is -3.42. The molecule has 0 fully saturated rings. The minimum absolute atomic E-state index is 0.173. The van der Waals surface area contributed by atoms with Gasteiger partial charge in [0.25, 0.3) is 0 Å². The van der Waals surface area contributed by atoms with Crippen molar-refractivity contribution in [1.29, 1.82) is 0 Å². The maximum atomic E-state index is 12.4. The summed E-state index contributed by atoms with van der Waals surface area (Å²) in [4.78, 5) is 47.9. The SMILES string of the molecule is CC(C)CC(N)C(=O)NC(C(=O)NC(C)C(=O)NC(C(=O)O)C(C)C)C(C)O. The molecule has 3 amide bonds. The molecule has 10 nitrogen and oxygen atoms in total. The van der Waals surface area contributed by atoms with Crippen LogP contribution in [0, 0.1) is 11.8 Å². The lowest BCUT2D eigenvalue weighted by Gasteiger charge is -2.25. The van der Waals surface area contributed by atoms with Crippen LogP contribution in [0.2, 0.25) is 0 Å². The second kappa shape index (κ2) is 11.6. The van der Waals surface area contributed by atoms with Crippen molar-refractivity contribution in [3.05, 3.63) is 0 Å². The van der Waals surface area contributed by atoms with Crippen LogP contribution in [0.25, 0.3) is 0 Å². The molecular formula is C18H34N4O6. The number of hydrogen-bond acceptors (Lipinski definition) is 6. The maximum absolute atomic E-state index is 12.4. The number of amides is 3. The van der Waals surface area contributed by atoms with Crippen LogP contribution in [-0.4, -0.2) is 64.2 Å². The smallest absolute Gasteiger partial charge is 0.326 e. The Morgan fingerprint density at radius 2 is 1.32 bits per heavy atom. The van der Waals surface area contributed by atoms with E-state index in [0.717, 1.165) is 0 Å². The number of aliphatic hydroxyl groups is 1. The zero-order valence-corrected chi connectivity index (χ0v) is 17.4. The third-order valence-electron chi connectivity index (χ3n) is 4.11. The lowest BCUT2D eigenvalue weighted by atomic mass is 10.0. The molecule has 0 aliphatic heterocycles. The second-order valence-corrected chi connectivity index (χ2v) is 7.76. The van der Waals surface area contributed by atoms with Crippen LogP contribution in [-0.2, 0) is 19.2 Å². The molecular weight excluding hydrogens is 368 g/mol. The van der Waals surface area contributed by atoms with E-state index in [4.69, 9.17) is 10.8 Å². The number of aliphatic hydroxyl groups excluding tert-OH is 1. The van der Waals surface area contributed by atoms with E-state index < -0.39 is 54.0 Å². The normalized spacial score (nSPS) is 16.6. The minimum Gasteiger partial charge on any atom is -0.480 e. The van der Waals surface area contributed by atoms with Crippen molar-refractivity contribution in [2.45, 2.75) is 78.2 Å². The Balaban J connectivity index is 4.98. The number of rotatable bonds is 11. The predicted octanol–water partition coefficient (Wildman–Crippen LogP) is -1.04. The van der Waals surface area contributed by atoms with E-state index in [1.54, 1.807) is 13.8 Å². The van der Waals surface area contributed by atoms with Gasteiger partial charge in [-0.3, -0.25) is 14.4 Å². The fourth-order valence-electron chi connectivity index (χ4n) is 2.44. The van der Waals surface area contributed by atoms with Gasteiger partial charge < -0.3 is 31.9 Å². The van der Waals surface area contributed by atoms with Crippen molar-refractivity contribution in [2.24, 2.45) is 17.6 Å². The van der Waals surface area contributed by atoms with Crippen LogP contribution in [0.5, 0.6) is 0 Å². The molecule has 0 aromatic rings. The quantitative estimate of drug-likeness (QED) is 0.256. The predicted molar refractivity (Wildman–Crippen MR) is 103 cm³/mol. The number of carboxylic acids is 1. The molecule has 0 saturated heterocycles. The minimum atomic E-state index is -1.30. The molecule has 0 aliphatic rings. The number of aliphatic carboxylic acids is 1. The molecule has 5 atom stereocenters. The highest BCUT2D eigenvalue weighted by Crippen LogP contribution is 2.05. The molecule has 0 aromatic carbocycles. The first-order valence-corrected chi connectivity index (χ1v) is 9.35. The number of nitrogens with one attached hydrogen (secondary N) is 3. The molecule has 0 bridgehead atoms. The van der Waals surface area contributed by atoms with Gasteiger partial charge in [-0.15, -0.1) is 0 Å². The van der Waals surface area contributed by atoms with E-state index in [1.807, 2.05) is 13.8 Å². The first-order chi connectivity index (χ1) is 12.8. The summed E-state index contributed by atoms with van der Waals surface area (Å²) in [7, 11) is 0. The Hall–Kier alpha value is -2.20. The summed E-state index contributed by atoms with van der Waals surface area (Å²) in [6.45, 7) is 9.77. The van der Waals surface area contributed by atoms with Crippen molar-refractivity contribution >= 4 is 23.7 Å². The largest absolute Gasteiger partial charge is 0.480 e. The maximum Gasteiger partial charge on any atom is 0.326 e. The van der Waals surface area contributed by atoms with Gasteiger partial charge in [-0.25, -0.2) is 4.79 Å². The van der Waals surface area contributed by atoms with E-state index in [9.17, 15) is 24.3 Å². The van der Waals surface area contributed by atoms with E-state index in [1.165, 1.54) is 13.8 Å². The molecule has 7 N–H and O–H groups in total. The Kier molecular flexibility index (Phi) is 10.7. The highest BCUT2D eigenvalue weighted by Gasteiger charge is 2.31. The van der Waals surface area contributed by atoms with Crippen LogP contribution >= 0.6 is 0 Å². The first-order valence-electron chi connectivity index (χ1n) is 9.35. The topological polar surface area (TPSA) is 171 Å². The molecule has 0 saturated carbocycles. The molecule has 5 unspecified atom stereocenters. The zero-order chi connectivity index (χ0) is 22.2. The third kappa shape index (κ3) is 8.66. The molecule has 0 rings (SSSR count). The molecule has 10 heteroatoms. The number of carbonyl (C=O) groups excluding carboxylic acids is 3. The van der Waals surface area contributed by atoms with E-state index >= 15 is 0 Å². The molecule has 28 heavy (non-hydrogen) atoms. The van der Waals surface area contributed by atoms with Crippen molar-refractivity contribution < 1.29 is 29.4 Å². The van der Waals surface area contributed by atoms with Gasteiger partial charge in [0.15, 0.2) is 0 Å². The van der Waals surface area contributed by atoms with Gasteiger partial charge in [0.05, 0.1) is 12.1 Å². The van der Waals surface area contributed by atoms with Gasteiger partial charge in [0.2, 0.25) is 17.7 Å². The highest BCUT2D eigenvalue weighted by molar-refractivity contribution is 5.94. The Morgan fingerprint density at radius 1 is 0.821 bits per heavy atom. The molecule has 0 heterocycles. The van der Waals surface area contributed by atoms with Gasteiger partial charge in [0.1, 0.15) is 18.1 Å². The number of carboxylic acid groups (broad SMARTS) is 1. The lowest BCUT2D eigenvalue weighted by molar-refractivity contribution is -0.143. The first kappa shape index (κ1) is 25.8. The molecule has 0 aromatic heterocycles. The standard InChI is InChI=1S/C18H34N4O6/c1-8(2)7-12(19)16(25)22-14(11(6)23)17(26)20-10(5)15(24)21-13(9(3)4)18(27)28/h8-14,23H,7,19H2,1-6H3,(H,20,26)(H,21,24)(H,22,25)(H,27,28). The van der Waals surface area contributed by atoms with Gasteiger partial charge in [0, 0.05) is 0 Å². The third-order valence-corrected chi connectivity index (χ3v) is 4.11. The summed E-state index contributed by atoms with van der Waals surface area (Å²) in [6.07, 6.45) is -0.821. The van der Waals surface area contributed by atoms with Crippen molar-refractivity contribution in [3.63, 3.8) is 0 Å². The van der Waals surface area contributed by atoms with Crippen LogP contribution in [0.1, 0.15) is 48.0 Å². The highest BCUT2D eigenvalue weighted by atomic mass is 16.4. The summed E-state index contributed by atoms with van der Waals surface area (Å²) in [6, 6.07) is -4.32. The lowest BCUT2D eigenvalue weighted by Crippen LogP contribution is -2.59. The van der Waals surface area contributed by atoms with Gasteiger partial charge >= 0.3 is 5.97 Å². The summed E-state index contributed by atoms with van der Waals surface area (Å²) < 4.78 is 0. The van der Waals surface area contributed by atoms with E-state index in [2.05, 4.69) is 16.0 Å². The number of nitrogens with two attached hydrogens (primary N) is 1. The summed E-state index contributed by atoms with van der Waals surface area (Å²) >= 11 is 0. The van der Waals surface area contributed by atoms with Gasteiger partial charge in [-0.1, -0.05) is 27.7 Å². The van der Waals surface area contributed by atoms with Crippen LogP contribution in [0.4, 0.5) is 0 Å². The fourth-order valence-corrected chi connectivity index (χ4v) is 2.44. The monoisotopic (exact) mass is 402 g/mol. The number of carbonyl (C=O) groups is 4. The molecule has 0 spiro atoms.